The molecule has 3 amide bonds. The molecule has 0 bridgehead atoms. The van der Waals surface area contributed by atoms with E-state index in [9.17, 15) is 57.5 Å². The summed E-state index contributed by atoms with van der Waals surface area (Å²) < 4.78 is 147. The summed E-state index contributed by atoms with van der Waals surface area (Å²) in [6.45, 7) is 1.58. The molecule has 1 aliphatic rings. The number of carbonyl (C=O) groups is 2. The third-order valence-electron chi connectivity index (χ3n) is 3.97. The van der Waals surface area contributed by atoms with Gasteiger partial charge in [0, 0.05) is 0 Å². The summed E-state index contributed by atoms with van der Waals surface area (Å²) in [7, 11) is -4.65. The molecule has 3 N–H and O–H groups in total. The first kappa shape index (κ1) is 25.5. The van der Waals surface area contributed by atoms with Crippen LogP contribution in [0.3, 0.4) is 0 Å². The van der Waals surface area contributed by atoms with E-state index in [4.69, 9.17) is 0 Å². The van der Waals surface area contributed by atoms with Crippen molar-refractivity contribution in [2.24, 2.45) is 0 Å². The molecule has 1 aromatic carbocycles. The van der Waals surface area contributed by atoms with Gasteiger partial charge in [-0.3, -0.25) is 15.0 Å². The molecule has 1 atom stereocenters. The van der Waals surface area contributed by atoms with E-state index in [-0.39, 0.29) is 0 Å². The van der Waals surface area contributed by atoms with E-state index in [1.165, 1.54) is 16.9 Å². The fourth-order valence-electron chi connectivity index (χ4n) is 2.21. The van der Waals surface area contributed by atoms with E-state index < -0.39 is 56.6 Å². The van der Waals surface area contributed by atoms with Crippen LogP contribution in [0.5, 0.6) is 0 Å². The second-order valence-corrected chi connectivity index (χ2v) is 7.95. The van der Waals surface area contributed by atoms with Gasteiger partial charge in [-0.2, -0.15) is 39.5 Å². The van der Waals surface area contributed by atoms with Crippen molar-refractivity contribution in [2.75, 3.05) is 0 Å². The lowest BCUT2D eigenvalue weighted by atomic mass is 9.99. The molecule has 1 saturated heterocycles. The fourth-order valence-corrected chi connectivity index (χ4v) is 3.12. The Labute approximate surface area is 172 Å². The molecular weight excluding hydrogens is 493 g/mol. The monoisotopic (exact) mass is 503 g/mol. The topological polar surface area (TPSA) is 114 Å². The number of carbonyl (C=O) groups excluding carboxylic acids is 2. The van der Waals surface area contributed by atoms with Gasteiger partial charge in [-0.15, -0.1) is 0 Å². The Balaban J connectivity index is 2.15. The van der Waals surface area contributed by atoms with Crippen molar-refractivity contribution in [3.8, 4) is 0 Å². The average molecular weight is 503 g/mol. The lowest BCUT2D eigenvalue weighted by Gasteiger charge is -2.31. The van der Waals surface area contributed by atoms with Crippen molar-refractivity contribution < 1.29 is 62.3 Å². The number of aryl methyl sites for hydroxylation is 1. The van der Waals surface area contributed by atoms with Crippen LogP contribution in [0, 0.1) is 6.92 Å². The van der Waals surface area contributed by atoms with E-state index in [0.29, 0.717) is 11.0 Å². The van der Waals surface area contributed by atoms with Gasteiger partial charge in [-0.05, 0) is 19.1 Å². The van der Waals surface area contributed by atoms with Crippen molar-refractivity contribution in [1.29, 1.82) is 0 Å². The maximum absolute atomic E-state index is 14.0. The minimum absolute atomic E-state index is 0.527. The largest absolute Gasteiger partial charge is 0.428 e. The molecule has 1 unspecified atom stereocenters. The van der Waals surface area contributed by atoms with Gasteiger partial charge in [-0.25, -0.2) is 23.4 Å². The molecule has 1 heterocycles. The number of ether oxygens (including phenoxy) is 1. The Kier molecular flexibility index (Phi) is 5.89. The highest BCUT2D eigenvalue weighted by Crippen LogP contribution is 2.64. The standard InChI is InChI=1S/C14H10F9N3O5S/c1-6-2-4-7(5-3-6)32(29,30)26-9(28)25-24-8(27)10(15,16)13(21)11(17,18)12(19,20)14(22,23)31-13/h2-5H,1H3,(H,24,27)(H2,25,26,28). The van der Waals surface area contributed by atoms with Crippen molar-refractivity contribution in [3.05, 3.63) is 29.8 Å². The molecule has 18 heteroatoms. The van der Waals surface area contributed by atoms with Crippen LogP contribution < -0.4 is 15.6 Å². The maximum Gasteiger partial charge on any atom is 0.428 e. The summed E-state index contributed by atoms with van der Waals surface area (Å²) in [5.41, 5.74) is 2.03. The van der Waals surface area contributed by atoms with Gasteiger partial charge in [0.2, 0.25) is 0 Å². The minimum atomic E-state index is -6.92. The zero-order chi connectivity index (χ0) is 25.0. The number of benzene rings is 1. The van der Waals surface area contributed by atoms with Crippen molar-refractivity contribution in [1.82, 2.24) is 15.6 Å². The highest BCUT2D eigenvalue weighted by molar-refractivity contribution is 7.90. The van der Waals surface area contributed by atoms with Crippen molar-refractivity contribution in [3.63, 3.8) is 0 Å². The van der Waals surface area contributed by atoms with E-state index in [2.05, 4.69) is 4.74 Å². The molecule has 0 radical (unpaired) electrons. The van der Waals surface area contributed by atoms with Crippen LogP contribution in [-0.2, 0) is 19.6 Å². The molecule has 1 aliphatic heterocycles. The Morgan fingerprint density at radius 1 is 0.906 bits per heavy atom. The third kappa shape index (κ3) is 3.70. The number of halogens is 9. The lowest BCUT2D eigenvalue weighted by Crippen LogP contribution is -2.66. The number of urea groups is 1. The number of amides is 3. The van der Waals surface area contributed by atoms with Gasteiger partial charge in [0.1, 0.15) is 0 Å². The molecule has 1 fully saturated rings. The Hall–Kier alpha value is -2.76. The molecule has 0 saturated carbocycles. The van der Waals surface area contributed by atoms with Crippen LogP contribution in [0.15, 0.2) is 29.2 Å². The summed E-state index contributed by atoms with van der Waals surface area (Å²) in [6.07, 6.45) is -6.44. The van der Waals surface area contributed by atoms with E-state index >= 15 is 0 Å². The molecule has 180 valence electrons. The molecule has 1 aromatic rings. The zero-order valence-corrected chi connectivity index (χ0v) is 16.0. The molecule has 0 aromatic heterocycles. The normalized spacial score (nSPS) is 23.9. The first-order valence-electron chi connectivity index (χ1n) is 7.83. The zero-order valence-electron chi connectivity index (χ0n) is 15.2. The summed E-state index contributed by atoms with van der Waals surface area (Å²) >= 11 is 0. The molecule has 2 rings (SSSR count). The third-order valence-corrected chi connectivity index (χ3v) is 5.32. The van der Waals surface area contributed by atoms with Crippen LogP contribution in [0.25, 0.3) is 0 Å². The Morgan fingerprint density at radius 3 is 1.84 bits per heavy atom. The van der Waals surface area contributed by atoms with Crippen LogP contribution in [0.1, 0.15) is 5.56 Å². The maximum atomic E-state index is 14.0. The molecular formula is C14H10F9N3O5S. The van der Waals surface area contributed by atoms with Crippen LogP contribution in [-0.4, -0.2) is 50.1 Å². The Morgan fingerprint density at radius 2 is 1.41 bits per heavy atom. The van der Waals surface area contributed by atoms with Gasteiger partial charge in [-0.1, -0.05) is 17.7 Å². The molecule has 8 nitrogen and oxygen atoms in total. The SMILES string of the molecule is Cc1ccc(S(=O)(=O)NC(=O)NNC(=O)C(F)(F)C2(F)OC(F)(F)C(F)(F)C2(F)F)cc1. The fraction of sp³-hybridized carbons (Fsp3) is 0.429. The molecule has 0 aliphatic carbocycles. The summed E-state index contributed by atoms with van der Waals surface area (Å²) in [5.74, 6) is -30.0. The molecule has 32 heavy (non-hydrogen) atoms. The first-order chi connectivity index (χ1) is 14.2. The highest BCUT2D eigenvalue weighted by Gasteiger charge is 2.96. The predicted octanol–water partition coefficient (Wildman–Crippen LogP) is 2.21. The van der Waals surface area contributed by atoms with E-state index in [1.54, 1.807) is 6.92 Å². The summed E-state index contributed by atoms with van der Waals surface area (Å²) in [4.78, 5) is 22.3. The van der Waals surface area contributed by atoms with Gasteiger partial charge in [0.05, 0.1) is 4.90 Å². The Bertz CT molecular complexity index is 1030. The number of nitrogens with one attached hydrogen (secondary N) is 3. The molecule has 0 spiro atoms. The second-order valence-electron chi connectivity index (χ2n) is 6.26. The second kappa shape index (κ2) is 7.39. The number of alkyl halides is 9. The van der Waals surface area contributed by atoms with Gasteiger partial charge in [0.15, 0.2) is 0 Å². The first-order valence-corrected chi connectivity index (χ1v) is 9.31. The van der Waals surface area contributed by atoms with Crippen molar-refractivity contribution in [2.45, 2.75) is 41.6 Å². The van der Waals surface area contributed by atoms with Gasteiger partial charge >= 0.3 is 41.7 Å². The number of hydrogen-bond acceptors (Lipinski definition) is 5. The summed E-state index contributed by atoms with van der Waals surface area (Å²) in [5, 5.41) is 0. The predicted molar refractivity (Wildman–Crippen MR) is 82.9 cm³/mol. The van der Waals surface area contributed by atoms with Crippen molar-refractivity contribution >= 4 is 22.0 Å². The minimum Gasteiger partial charge on any atom is -0.266 e. The van der Waals surface area contributed by atoms with Crippen LogP contribution in [0.4, 0.5) is 44.3 Å². The number of hydrazine groups is 1. The highest BCUT2D eigenvalue weighted by atomic mass is 32.2. The number of rotatable bonds is 4. The lowest BCUT2D eigenvalue weighted by molar-refractivity contribution is -0.367. The van der Waals surface area contributed by atoms with Gasteiger partial charge < -0.3 is 0 Å². The average Bonchev–Trinajstić information content (AvgIpc) is 2.74. The smallest absolute Gasteiger partial charge is 0.266 e. The quantitative estimate of drug-likeness (QED) is 0.431. The number of sulfonamides is 1. The summed E-state index contributed by atoms with van der Waals surface area (Å²) in [6, 6.07) is 2.60. The van der Waals surface area contributed by atoms with E-state index in [0.717, 1.165) is 17.6 Å². The van der Waals surface area contributed by atoms with E-state index in [1.807, 2.05) is 0 Å². The van der Waals surface area contributed by atoms with Crippen LogP contribution >= 0.6 is 0 Å². The van der Waals surface area contributed by atoms with Crippen LogP contribution in [0.2, 0.25) is 0 Å². The van der Waals surface area contributed by atoms with Gasteiger partial charge in [0.25, 0.3) is 10.0 Å². The number of hydrogen-bond donors (Lipinski definition) is 3.